The van der Waals surface area contributed by atoms with E-state index in [-0.39, 0.29) is 6.04 Å². The van der Waals surface area contributed by atoms with Crippen LogP contribution in [0.25, 0.3) is 10.9 Å². The van der Waals surface area contributed by atoms with Crippen LogP contribution in [0.3, 0.4) is 0 Å². The van der Waals surface area contributed by atoms with E-state index in [2.05, 4.69) is 35.4 Å². The molecule has 0 aliphatic rings. The monoisotopic (exact) mass is 272 g/mol. The Bertz CT molecular complexity index is 606. The van der Waals surface area contributed by atoms with Gasteiger partial charge in [0.1, 0.15) is 6.07 Å². The summed E-state index contributed by atoms with van der Waals surface area (Å²) in [6.45, 7) is 4.25. The van der Waals surface area contributed by atoms with Gasteiger partial charge in [0.15, 0.2) is 5.69 Å². The second-order valence-electron chi connectivity index (χ2n) is 4.26. The smallest absolute Gasteiger partial charge is 0.186 e. The Labute approximate surface area is 117 Å². The number of nitrogens with one attached hydrogen (secondary N) is 1. The maximum absolute atomic E-state index is 9.17. The van der Waals surface area contributed by atoms with Crippen LogP contribution in [0.5, 0.6) is 0 Å². The lowest BCUT2D eigenvalue weighted by Crippen LogP contribution is -2.19. The summed E-state index contributed by atoms with van der Waals surface area (Å²) in [6.07, 6.45) is 0. The summed E-state index contributed by atoms with van der Waals surface area (Å²) in [5.41, 5.74) is 1.95. The highest BCUT2D eigenvalue weighted by Gasteiger charge is 2.12. The van der Waals surface area contributed by atoms with Crippen LogP contribution in [-0.2, 0) is 0 Å². The molecule has 0 aliphatic heterocycles. The van der Waals surface area contributed by atoms with Crippen molar-refractivity contribution < 1.29 is 0 Å². The van der Waals surface area contributed by atoms with E-state index in [1.807, 2.05) is 36.0 Å². The van der Waals surface area contributed by atoms with E-state index >= 15 is 0 Å². The van der Waals surface area contributed by atoms with Crippen LogP contribution in [-0.4, -0.2) is 27.7 Å². The molecule has 19 heavy (non-hydrogen) atoms. The Kier molecular flexibility index (Phi) is 4.58. The molecule has 1 aromatic carbocycles. The largest absolute Gasteiger partial charge is 0.379 e. The van der Waals surface area contributed by atoms with Crippen molar-refractivity contribution in [1.82, 2.24) is 10.2 Å². The van der Waals surface area contributed by atoms with Crippen molar-refractivity contribution in [3.63, 3.8) is 0 Å². The second kappa shape index (κ2) is 6.39. The molecule has 0 spiro atoms. The summed E-state index contributed by atoms with van der Waals surface area (Å²) in [6, 6.07) is 10.1. The quantitative estimate of drug-likeness (QED) is 0.906. The Morgan fingerprint density at radius 1 is 1.37 bits per heavy atom. The van der Waals surface area contributed by atoms with Crippen molar-refractivity contribution >= 4 is 28.4 Å². The highest BCUT2D eigenvalue weighted by Crippen LogP contribution is 2.24. The van der Waals surface area contributed by atoms with Gasteiger partial charge in [-0.05, 0) is 18.7 Å². The second-order valence-corrected chi connectivity index (χ2v) is 5.58. The Hall–Kier alpha value is -1.80. The van der Waals surface area contributed by atoms with E-state index in [0.29, 0.717) is 5.69 Å². The summed E-state index contributed by atoms with van der Waals surface area (Å²) >= 11 is 1.87. The molecule has 2 rings (SSSR count). The van der Waals surface area contributed by atoms with Crippen molar-refractivity contribution in [2.24, 2.45) is 0 Å². The minimum absolute atomic E-state index is 0.282. The predicted molar refractivity (Wildman–Crippen MR) is 80.3 cm³/mol. The number of fused-ring (bicyclic) bond motifs is 1. The zero-order valence-corrected chi connectivity index (χ0v) is 11.9. The Balaban J connectivity index is 2.37. The molecule has 5 heteroatoms. The van der Waals surface area contributed by atoms with Gasteiger partial charge in [-0.15, -0.1) is 10.2 Å². The van der Waals surface area contributed by atoms with Crippen molar-refractivity contribution in [3.05, 3.63) is 30.0 Å². The fraction of sp³-hybridized carbons (Fsp3) is 0.357. The van der Waals surface area contributed by atoms with Gasteiger partial charge in [-0.1, -0.05) is 25.1 Å². The van der Waals surface area contributed by atoms with Gasteiger partial charge in [-0.3, -0.25) is 0 Å². The van der Waals surface area contributed by atoms with Gasteiger partial charge in [0.2, 0.25) is 0 Å². The minimum atomic E-state index is 0.282. The van der Waals surface area contributed by atoms with Gasteiger partial charge >= 0.3 is 0 Å². The number of nitriles is 1. The molecule has 1 atom stereocenters. The number of anilines is 1. The lowest BCUT2D eigenvalue weighted by Gasteiger charge is -2.16. The first-order chi connectivity index (χ1) is 9.26. The maximum Gasteiger partial charge on any atom is 0.186 e. The van der Waals surface area contributed by atoms with E-state index in [1.54, 1.807) is 0 Å². The number of hydrogen-bond donors (Lipinski definition) is 1. The maximum atomic E-state index is 9.17. The van der Waals surface area contributed by atoms with E-state index in [1.165, 1.54) is 0 Å². The van der Waals surface area contributed by atoms with E-state index in [9.17, 15) is 0 Å². The zero-order chi connectivity index (χ0) is 13.7. The molecule has 2 aromatic rings. The molecule has 0 amide bonds. The zero-order valence-electron chi connectivity index (χ0n) is 11.1. The number of benzene rings is 1. The van der Waals surface area contributed by atoms with Crippen molar-refractivity contribution in [2.45, 2.75) is 19.9 Å². The van der Waals surface area contributed by atoms with Gasteiger partial charge in [0, 0.05) is 17.2 Å². The lowest BCUT2D eigenvalue weighted by molar-refractivity contribution is 0.907. The minimum Gasteiger partial charge on any atom is -0.379 e. The van der Waals surface area contributed by atoms with Crippen LogP contribution < -0.4 is 5.32 Å². The molecule has 4 nitrogen and oxygen atoms in total. The van der Waals surface area contributed by atoms with Crippen LogP contribution in [0.4, 0.5) is 5.69 Å². The van der Waals surface area contributed by atoms with Crippen LogP contribution >= 0.6 is 11.8 Å². The fourth-order valence-electron chi connectivity index (χ4n) is 1.86. The number of hydrogen-bond acceptors (Lipinski definition) is 5. The van der Waals surface area contributed by atoms with Crippen LogP contribution in [0.1, 0.15) is 19.5 Å². The third-order valence-electron chi connectivity index (χ3n) is 2.74. The molecule has 0 saturated heterocycles. The first-order valence-corrected chi connectivity index (χ1v) is 7.41. The molecular weight excluding hydrogens is 256 g/mol. The molecule has 98 valence electrons. The molecule has 0 radical (unpaired) electrons. The molecule has 0 aliphatic carbocycles. The molecular formula is C14H16N4S. The van der Waals surface area contributed by atoms with Gasteiger partial charge in [0.25, 0.3) is 0 Å². The average Bonchev–Trinajstić information content (AvgIpc) is 2.45. The third-order valence-corrected chi connectivity index (χ3v) is 3.88. The molecule has 1 N–H and O–H groups in total. The van der Waals surface area contributed by atoms with Gasteiger partial charge in [-0.2, -0.15) is 17.0 Å². The summed E-state index contributed by atoms with van der Waals surface area (Å²) in [5, 5.41) is 21.6. The summed E-state index contributed by atoms with van der Waals surface area (Å²) in [7, 11) is 0. The van der Waals surface area contributed by atoms with Gasteiger partial charge in [-0.25, -0.2) is 0 Å². The number of thioether (sulfide) groups is 1. The molecule has 1 unspecified atom stereocenters. The molecule has 0 fully saturated rings. The van der Waals surface area contributed by atoms with Crippen molar-refractivity contribution in [2.75, 3.05) is 16.8 Å². The van der Waals surface area contributed by atoms with E-state index < -0.39 is 0 Å². The normalized spacial score (nSPS) is 12.1. The summed E-state index contributed by atoms with van der Waals surface area (Å²) in [4.78, 5) is 0. The van der Waals surface area contributed by atoms with Crippen LogP contribution in [0.2, 0.25) is 0 Å². The summed E-state index contributed by atoms with van der Waals surface area (Å²) in [5.74, 6) is 2.09. The number of rotatable bonds is 5. The van der Waals surface area contributed by atoms with Crippen LogP contribution in [0.15, 0.2) is 24.3 Å². The van der Waals surface area contributed by atoms with Crippen LogP contribution in [0, 0.1) is 11.3 Å². The van der Waals surface area contributed by atoms with Gasteiger partial charge < -0.3 is 5.32 Å². The first kappa shape index (κ1) is 13.6. The first-order valence-electron chi connectivity index (χ1n) is 6.26. The van der Waals surface area contributed by atoms with E-state index in [4.69, 9.17) is 5.26 Å². The molecule has 1 heterocycles. The Morgan fingerprint density at radius 3 is 2.89 bits per heavy atom. The molecule has 0 saturated carbocycles. The fourth-order valence-corrected chi connectivity index (χ4v) is 2.53. The number of nitrogens with zero attached hydrogens (tertiary/aromatic N) is 3. The highest BCUT2D eigenvalue weighted by molar-refractivity contribution is 7.99. The highest BCUT2D eigenvalue weighted by atomic mass is 32.2. The standard InChI is InChI=1S/C14H16N4S/c1-3-19-9-10(2)16-14-11-6-4-5-7-12(11)17-18-13(14)8-15/h4-7,10H,3,9H2,1-2H3,(H,16,17). The third kappa shape index (κ3) is 3.15. The number of aromatic nitrogens is 2. The average molecular weight is 272 g/mol. The topological polar surface area (TPSA) is 61.6 Å². The molecule has 0 bridgehead atoms. The molecule has 1 aromatic heterocycles. The van der Waals surface area contributed by atoms with E-state index in [0.717, 1.165) is 28.1 Å². The van der Waals surface area contributed by atoms with Gasteiger partial charge in [0.05, 0.1) is 11.2 Å². The SMILES string of the molecule is CCSCC(C)Nc1c(C#N)nnc2ccccc12. The van der Waals surface area contributed by atoms with Crippen molar-refractivity contribution in [1.29, 1.82) is 5.26 Å². The summed E-state index contributed by atoms with van der Waals surface area (Å²) < 4.78 is 0. The lowest BCUT2D eigenvalue weighted by atomic mass is 10.1. The predicted octanol–water partition coefficient (Wildman–Crippen LogP) is 3.05. The Morgan fingerprint density at radius 2 is 2.16 bits per heavy atom. The van der Waals surface area contributed by atoms with Crippen molar-refractivity contribution in [3.8, 4) is 6.07 Å².